The molecular weight excluding hydrogens is 274 g/mol. The molecule has 3 rings (SSSR count). The maximum atomic E-state index is 4.47. The number of aromatic nitrogens is 3. The van der Waals surface area contributed by atoms with E-state index in [0.29, 0.717) is 5.82 Å². The van der Waals surface area contributed by atoms with Crippen molar-refractivity contribution in [1.82, 2.24) is 15.2 Å². The largest absolute Gasteiger partial charge is 0.259 e. The predicted molar refractivity (Wildman–Crippen MR) is 86.7 cm³/mol. The SMILES string of the molecule is Cc1ccc(N/N=C(\c2ccccc2)c2ccccn2)nn1. The standard InChI is InChI=1S/C17H15N5/c1-13-10-11-16(20-19-13)21-22-17(14-7-3-2-4-8-14)15-9-5-6-12-18-15/h2-12H,1H3,(H,20,21)/b22-17+. The van der Waals surface area contributed by atoms with Crippen LogP contribution in [0.15, 0.2) is 72.0 Å². The van der Waals surface area contributed by atoms with Crippen molar-refractivity contribution in [3.05, 3.63) is 83.8 Å². The van der Waals surface area contributed by atoms with Gasteiger partial charge in [0.1, 0.15) is 5.71 Å². The van der Waals surface area contributed by atoms with Crippen molar-refractivity contribution in [3.8, 4) is 0 Å². The Labute approximate surface area is 128 Å². The third-order valence-electron chi connectivity index (χ3n) is 3.03. The Morgan fingerprint density at radius 3 is 2.41 bits per heavy atom. The summed E-state index contributed by atoms with van der Waals surface area (Å²) in [4.78, 5) is 4.38. The van der Waals surface area contributed by atoms with Crippen molar-refractivity contribution in [2.75, 3.05) is 5.43 Å². The first-order valence-corrected chi connectivity index (χ1v) is 6.94. The van der Waals surface area contributed by atoms with Gasteiger partial charge in [0, 0.05) is 11.8 Å². The summed E-state index contributed by atoms with van der Waals surface area (Å²) < 4.78 is 0. The summed E-state index contributed by atoms with van der Waals surface area (Å²) in [5, 5.41) is 12.5. The fraction of sp³-hybridized carbons (Fsp3) is 0.0588. The third kappa shape index (κ3) is 3.32. The van der Waals surface area contributed by atoms with Crippen LogP contribution < -0.4 is 5.43 Å². The van der Waals surface area contributed by atoms with Crippen molar-refractivity contribution >= 4 is 11.5 Å². The van der Waals surface area contributed by atoms with E-state index in [1.807, 2.05) is 67.6 Å². The van der Waals surface area contributed by atoms with Crippen LogP contribution in [0, 0.1) is 6.92 Å². The van der Waals surface area contributed by atoms with Crippen LogP contribution >= 0.6 is 0 Å². The molecular formula is C17H15N5. The van der Waals surface area contributed by atoms with E-state index in [4.69, 9.17) is 0 Å². The highest BCUT2D eigenvalue weighted by molar-refractivity contribution is 6.11. The number of nitrogens with one attached hydrogen (secondary N) is 1. The van der Waals surface area contributed by atoms with E-state index in [2.05, 4.69) is 25.7 Å². The number of rotatable bonds is 4. The molecule has 0 aliphatic carbocycles. The molecule has 0 atom stereocenters. The van der Waals surface area contributed by atoms with Crippen LogP contribution in [0.4, 0.5) is 5.82 Å². The Morgan fingerprint density at radius 1 is 0.909 bits per heavy atom. The number of benzene rings is 1. The zero-order chi connectivity index (χ0) is 15.2. The molecule has 0 fully saturated rings. The molecule has 0 amide bonds. The van der Waals surface area contributed by atoms with Crippen molar-refractivity contribution in [3.63, 3.8) is 0 Å². The van der Waals surface area contributed by atoms with Gasteiger partial charge in [-0.2, -0.15) is 10.2 Å². The van der Waals surface area contributed by atoms with Gasteiger partial charge in [0.05, 0.1) is 11.4 Å². The van der Waals surface area contributed by atoms with Crippen molar-refractivity contribution in [2.24, 2.45) is 5.10 Å². The highest BCUT2D eigenvalue weighted by atomic mass is 15.3. The van der Waals surface area contributed by atoms with E-state index < -0.39 is 0 Å². The van der Waals surface area contributed by atoms with Gasteiger partial charge in [-0.15, -0.1) is 5.10 Å². The maximum absolute atomic E-state index is 4.47. The third-order valence-corrected chi connectivity index (χ3v) is 3.03. The fourth-order valence-electron chi connectivity index (χ4n) is 1.94. The summed E-state index contributed by atoms with van der Waals surface area (Å²) in [5.41, 5.74) is 6.33. The second-order valence-electron chi connectivity index (χ2n) is 4.71. The second kappa shape index (κ2) is 6.58. The minimum atomic E-state index is 0.593. The maximum Gasteiger partial charge on any atom is 0.168 e. The molecule has 108 valence electrons. The van der Waals surface area contributed by atoms with E-state index in [9.17, 15) is 0 Å². The molecule has 0 aliphatic rings. The molecule has 3 aromatic rings. The van der Waals surface area contributed by atoms with Gasteiger partial charge >= 0.3 is 0 Å². The molecule has 0 spiro atoms. The smallest absolute Gasteiger partial charge is 0.168 e. The lowest BCUT2D eigenvalue weighted by atomic mass is 10.1. The molecule has 1 N–H and O–H groups in total. The number of hydrogen-bond donors (Lipinski definition) is 1. The lowest BCUT2D eigenvalue weighted by Crippen LogP contribution is -2.09. The molecule has 0 saturated carbocycles. The van der Waals surface area contributed by atoms with Gasteiger partial charge in [0.25, 0.3) is 0 Å². The minimum absolute atomic E-state index is 0.593. The van der Waals surface area contributed by atoms with Crippen LogP contribution in [0.3, 0.4) is 0 Å². The number of nitrogens with zero attached hydrogens (tertiary/aromatic N) is 4. The fourth-order valence-corrected chi connectivity index (χ4v) is 1.94. The van der Waals surface area contributed by atoms with Crippen molar-refractivity contribution in [1.29, 1.82) is 0 Å². The highest BCUT2D eigenvalue weighted by Crippen LogP contribution is 2.10. The summed E-state index contributed by atoms with van der Waals surface area (Å²) in [7, 11) is 0. The summed E-state index contributed by atoms with van der Waals surface area (Å²) >= 11 is 0. The molecule has 2 aromatic heterocycles. The Bertz CT molecular complexity index is 711. The van der Waals surface area contributed by atoms with Crippen LogP contribution in [0.2, 0.25) is 0 Å². The zero-order valence-electron chi connectivity index (χ0n) is 12.1. The van der Waals surface area contributed by atoms with E-state index in [0.717, 1.165) is 22.7 Å². The van der Waals surface area contributed by atoms with Gasteiger partial charge in [-0.25, -0.2) is 0 Å². The zero-order valence-corrected chi connectivity index (χ0v) is 12.1. The van der Waals surface area contributed by atoms with Gasteiger partial charge in [0.2, 0.25) is 0 Å². The van der Waals surface area contributed by atoms with Crippen molar-refractivity contribution < 1.29 is 0 Å². The van der Waals surface area contributed by atoms with Gasteiger partial charge in [-0.3, -0.25) is 10.4 Å². The quantitative estimate of drug-likeness (QED) is 0.592. The van der Waals surface area contributed by atoms with Gasteiger partial charge < -0.3 is 0 Å². The molecule has 1 aromatic carbocycles. The highest BCUT2D eigenvalue weighted by Gasteiger charge is 2.08. The molecule has 0 aliphatic heterocycles. The van der Waals surface area contributed by atoms with Crippen LogP contribution in [0.25, 0.3) is 0 Å². The van der Waals surface area contributed by atoms with Gasteiger partial charge in [-0.1, -0.05) is 36.4 Å². The van der Waals surface area contributed by atoms with E-state index in [1.165, 1.54) is 0 Å². The summed E-state index contributed by atoms with van der Waals surface area (Å²) in [6, 6.07) is 19.4. The van der Waals surface area contributed by atoms with E-state index in [1.54, 1.807) is 6.20 Å². The Morgan fingerprint density at radius 2 is 1.73 bits per heavy atom. The molecule has 0 saturated heterocycles. The molecule has 22 heavy (non-hydrogen) atoms. The first-order valence-electron chi connectivity index (χ1n) is 6.94. The monoisotopic (exact) mass is 289 g/mol. The summed E-state index contributed by atoms with van der Waals surface area (Å²) in [6.45, 7) is 1.89. The summed E-state index contributed by atoms with van der Waals surface area (Å²) in [5.74, 6) is 0.593. The lowest BCUT2D eigenvalue weighted by Gasteiger charge is -2.07. The number of anilines is 1. The van der Waals surface area contributed by atoms with Crippen LogP contribution in [-0.4, -0.2) is 20.9 Å². The van der Waals surface area contributed by atoms with Crippen molar-refractivity contribution in [2.45, 2.75) is 6.92 Å². The Hall–Kier alpha value is -3.08. The van der Waals surface area contributed by atoms with Crippen LogP contribution in [0.1, 0.15) is 17.0 Å². The summed E-state index contributed by atoms with van der Waals surface area (Å²) in [6.07, 6.45) is 1.75. The molecule has 0 bridgehead atoms. The molecule has 0 radical (unpaired) electrons. The van der Waals surface area contributed by atoms with Crippen LogP contribution in [-0.2, 0) is 0 Å². The Kier molecular flexibility index (Phi) is 4.15. The lowest BCUT2D eigenvalue weighted by molar-refractivity contribution is 0.975. The Balaban J connectivity index is 1.95. The number of hydrazone groups is 1. The van der Waals surface area contributed by atoms with E-state index >= 15 is 0 Å². The van der Waals surface area contributed by atoms with Gasteiger partial charge in [0.15, 0.2) is 5.82 Å². The van der Waals surface area contributed by atoms with Crippen LogP contribution in [0.5, 0.6) is 0 Å². The molecule has 5 heteroatoms. The topological polar surface area (TPSA) is 63.1 Å². The predicted octanol–water partition coefficient (Wildman–Crippen LogP) is 3.04. The average molecular weight is 289 g/mol. The van der Waals surface area contributed by atoms with Gasteiger partial charge in [-0.05, 0) is 31.2 Å². The first kappa shape index (κ1) is 13.9. The molecule has 5 nitrogen and oxygen atoms in total. The number of hydrogen-bond acceptors (Lipinski definition) is 5. The van der Waals surface area contributed by atoms with E-state index in [-0.39, 0.29) is 0 Å². The minimum Gasteiger partial charge on any atom is -0.259 e. The number of pyridine rings is 1. The normalized spacial score (nSPS) is 11.2. The average Bonchev–Trinajstić information content (AvgIpc) is 2.59. The molecule has 0 unspecified atom stereocenters. The number of aryl methyl sites for hydroxylation is 1. The second-order valence-corrected chi connectivity index (χ2v) is 4.71. The molecule has 2 heterocycles. The first-order chi connectivity index (χ1) is 10.8.